The highest BCUT2D eigenvalue weighted by Gasteiger charge is 2.69. The van der Waals surface area contributed by atoms with Crippen molar-refractivity contribution in [3.05, 3.63) is 11.6 Å². The molecule has 0 saturated heterocycles. The molecule has 0 aromatic heterocycles. The molecule has 3 fully saturated rings. The van der Waals surface area contributed by atoms with Gasteiger partial charge in [0.2, 0.25) is 0 Å². The molecule has 0 spiro atoms. The molecule has 3 saturated carbocycles. The molecular formula is C25H31F3O8. The Morgan fingerprint density at radius 1 is 1.17 bits per heavy atom. The van der Waals surface area contributed by atoms with Gasteiger partial charge in [-0.1, -0.05) is 19.4 Å². The minimum absolute atomic E-state index is 0.0405. The minimum Gasteiger partial charge on any atom is -0.481 e. The van der Waals surface area contributed by atoms with Gasteiger partial charge in [-0.3, -0.25) is 14.4 Å². The fourth-order valence-electron chi connectivity index (χ4n) is 8.03. The van der Waals surface area contributed by atoms with E-state index in [0.29, 0.717) is 12.0 Å². The van der Waals surface area contributed by atoms with Gasteiger partial charge in [-0.2, -0.15) is 13.2 Å². The highest BCUT2D eigenvalue weighted by molar-refractivity contribution is 5.92. The highest BCUT2D eigenvalue weighted by atomic mass is 19.4. The summed E-state index contributed by atoms with van der Waals surface area (Å²) in [7, 11) is 0. The summed E-state index contributed by atoms with van der Waals surface area (Å²) in [5.74, 6) is -7.92. The van der Waals surface area contributed by atoms with E-state index in [1.165, 1.54) is 6.08 Å². The van der Waals surface area contributed by atoms with Gasteiger partial charge < -0.3 is 20.1 Å². The largest absolute Gasteiger partial charge is 0.490 e. The van der Waals surface area contributed by atoms with Gasteiger partial charge in [0.1, 0.15) is 6.10 Å². The Hall–Kier alpha value is -2.43. The second-order valence-corrected chi connectivity index (χ2v) is 11.4. The average molecular weight is 517 g/mol. The van der Waals surface area contributed by atoms with Crippen LogP contribution >= 0.6 is 0 Å². The maximum Gasteiger partial charge on any atom is 0.490 e. The number of ether oxygens (including phenoxy) is 1. The van der Waals surface area contributed by atoms with Crippen LogP contribution in [0.2, 0.25) is 0 Å². The molecule has 3 N–H and O–H groups in total. The van der Waals surface area contributed by atoms with Crippen LogP contribution in [0.25, 0.3) is 0 Å². The summed E-state index contributed by atoms with van der Waals surface area (Å²) in [4.78, 5) is 48.0. The molecule has 8 nitrogen and oxygen atoms in total. The summed E-state index contributed by atoms with van der Waals surface area (Å²) < 4.78 is 45.0. The minimum atomic E-state index is -5.27. The Morgan fingerprint density at radius 2 is 1.83 bits per heavy atom. The van der Waals surface area contributed by atoms with Crippen LogP contribution in [0.1, 0.15) is 65.2 Å². The van der Waals surface area contributed by atoms with E-state index in [2.05, 4.69) is 0 Å². The third-order valence-electron chi connectivity index (χ3n) is 9.81. The number of alkyl halides is 3. The van der Waals surface area contributed by atoms with Crippen LogP contribution in [-0.2, 0) is 23.9 Å². The first-order valence-corrected chi connectivity index (χ1v) is 12.2. The molecule has 0 heterocycles. The Labute approximate surface area is 205 Å². The van der Waals surface area contributed by atoms with Crippen LogP contribution in [0.4, 0.5) is 13.2 Å². The number of aliphatic carboxylic acids is 2. The molecule has 0 amide bonds. The van der Waals surface area contributed by atoms with Gasteiger partial charge in [-0.25, -0.2) is 4.79 Å². The number of carboxylic acid groups (broad SMARTS) is 2. The zero-order valence-electron chi connectivity index (χ0n) is 20.1. The lowest BCUT2D eigenvalue weighted by Crippen LogP contribution is -2.63. The zero-order valence-corrected chi connectivity index (χ0v) is 20.1. The van der Waals surface area contributed by atoms with Crippen LogP contribution in [-0.4, -0.2) is 56.9 Å². The Bertz CT molecular complexity index is 1020. The normalized spacial score (nSPS) is 42.0. The first-order valence-electron chi connectivity index (χ1n) is 12.2. The van der Waals surface area contributed by atoms with E-state index in [0.717, 1.165) is 0 Å². The van der Waals surface area contributed by atoms with Crippen molar-refractivity contribution in [1.82, 2.24) is 0 Å². The van der Waals surface area contributed by atoms with E-state index in [4.69, 9.17) is 4.74 Å². The predicted octanol–water partition coefficient (Wildman–Crippen LogP) is 3.51. The predicted molar refractivity (Wildman–Crippen MR) is 116 cm³/mol. The second-order valence-electron chi connectivity index (χ2n) is 11.4. The number of hydrogen-bond donors (Lipinski definition) is 3. The number of halogens is 3. The van der Waals surface area contributed by atoms with E-state index in [1.807, 2.05) is 0 Å². The van der Waals surface area contributed by atoms with Gasteiger partial charge in [-0.05, 0) is 61.9 Å². The number of carboxylic acids is 2. The lowest BCUT2D eigenvalue weighted by Gasteiger charge is -2.62. The van der Waals surface area contributed by atoms with Crippen molar-refractivity contribution in [2.24, 2.45) is 34.5 Å². The molecule has 0 aromatic rings. The van der Waals surface area contributed by atoms with Crippen LogP contribution < -0.4 is 0 Å². The zero-order chi connectivity index (χ0) is 26.8. The van der Waals surface area contributed by atoms with Gasteiger partial charge in [0.05, 0.1) is 11.5 Å². The number of carbonyl (C=O) groups is 4. The maximum absolute atomic E-state index is 13.3. The molecule has 8 atom stereocenters. The molecule has 2 unspecified atom stereocenters. The molecule has 0 aromatic carbocycles. The molecule has 11 heteroatoms. The quantitative estimate of drug-likeness (QED) is 0.472. The first kappa shape index (κ1) is 26.6. The summed E-state index contributed by atoms with van der Waals surface area (Å²) in [6.45, 7) is 3.44. The van der Waals surface area contributed by atoms with E-state index in [-0.39, 0.29) is 50.7 Å². The summed E-state index contributed by atoms with van der Waals surface area (Å²) in [6, 6.07) is 0. The monoisotopic (exact) mass is 516 g/mol. The number of esters is 1. The van der Waals surface area contributed by atoms with Crippen LogP contribution in [0.15, 0.2) is 11.6 Å². The summed E-state index contributed by atoms with van der Waals surface area (Å²) >= 11 is 0. The van der Waals surface area contributed by atoms with Gasteiger partial charge in [0.15, 0.2) is 5.78 Å². The highest BCUT2D eigenvalue weighted by Crippen LogP contribution is 2.69. The van der Waals surface area contributed by atoms with Crippen molar-refractivity contribution < 1.29 is 52.4 Å². The van der Waals surface area contributed by atoms with E-state index in [1.54, 1.807) is 13.8 Å². The lowest BCUT2D eigenvalue weighted by atomic mass is 9.43. The fraction of sp³-hybridized carbons (Fsp3) is 0.760. The smallest absolute Gasteiger partial charge is 0.481 e. The Kier molecular flexibility index (Phi) is 6.33. The summed E-state index contributed by atoms with van der Waals surface area (Å²) in [5.41, 5.74) is -3.06. The Balaban J connectivity index is 1.85. The Morgan fingerprint density at radius 3 is 2.42 bits per heavy atom. The van der Waals surface area contributed by atoms with Crippen molar-refractivity contribution in [2.45, 2.75) is 83.1 Å². The van der Waals surface area contributed by atoms with Crippen molar-refractivity contribution >= 4 is 23.7 Å². The molecule has 36 heavy (non-hydrogen) atoms. The van der Waals surface area contributed by atoms with Crippen molar-refractivity contribution in [3.63, 3.8) is 0 Å². The van der Waals surface area contributed by atoms with Crippen LogP contribution in [0.3, 0.4) is 0 Å². The van der Waals surface area contributed by atoms with E-state index >= 15 is 0 Å². The van der Waals surface area contributed by atoms with Gasteiger partial charge in [0, 0.05) is 24.2 Å². The number of aliphatic hydroxyl groups is 1. The number of carbonyl (C=O) groups excluding carboxylic acids is 2. The number of allylic oxidation sites excluding steroid dienone is 1. The molecule has 0 bridgehead atoms. The van der Waals surface area contributed by atoms with E-state index < -0.39 is 70.3 Å². The summed E-state index contributed by atoms with van der Waals surface area (Å²) in [5, 5.41) is 31.0. The number of fused-ring (bicyclic) bond motifs is 5. The maximum atomic E-state index is 13.3. The third kappa shape index (κ3) is 4.03. The van der Waals surface area contributed by atoms with Gasteiger partial charge in [0.25, 0.3) is 0 Å². The SMILES string of the molecule is C[C@]12CCC(=O)C=C1CC(C(=O)O)[C@@H]1[C@@H]2C(OC(=O)C(F)(F)F)C[C@@]2(C)[C@H]1CC[C@]2(O)CCC(=O)O. The number of ketones is 1. The molecule has 0 radical (unpaired) electrons. The van der Waals surface area contributed by atoms with Crippen LogP contribution in [0.5, 0.6) is 0 Å². The number of hydrogen-bond acceptors (Lipinski definition) is 6. The standard InChI is InChI=1S/C25H31F3O8/c1-22-6-3-13(29)9-12(22)10-14(20(32)33)18-15-4-7-24(35,8-5-17(30)31)23(15,2)11-16(19(18)22)36-21(34)25(26,27)28/h9,14-16,18-19,35H,3-8,10-11H2,1-2H3,(H,30,31)(H,32,33)/t14?,15-,16?,18-,19-,22-,23-,24-/m0/s1. The van der Waals surface area contributed by atoms with Crippen molar-refractivity contribution in [2.75, 3.05) is 0 Å². The number of rotatable bonds is 5. The molecule has 4 rings (SSSR count). The molecule has 0 aliphatic heterocycles. The van der Waals surface area contributed by atoms with Crippen molar-refractivity contribution in [3.8, 4) is 0 Å². The topological polar surface area (TPSA) is 138 Å². The van der Waals surface area contributed by atoms with Gasteiger partial charge in [-0.15, -0.1) is 0 Å². The molecule has 200 valence electrons. The first-order chi connectivity index (χ1) is 16.5. The fourth-order valence-corrected chi connectivity index (χ4v) is 8.03. The van der Waals surface area contributed by atoms with E-state index in [9.17, 15) is 47.7 Å². The molecule has 4 aliphatic carbocycles. The molecule has 4 aliphatic rings. The van der Waals surface area contributed by atoms with Crippen molar-refractivity contribution in [1.29, 1.82) is 0 Å². The average Bonchev–Trinajstić information content (AvgIpc) is 3.02. The summed E-state index contributed by atoms with van der Waals surface area (Å²) in [6.07, 6.45) is -4.93. The molecular weight excluding hydrogens is 485 g/mol. The van der Waals surface area contributed by atoms with Gasteiger partial charge >= 0.3 is 24.1 Å². The second kappa shape index (κ2) is 8.56. The lowest BCUT2D eigenvalue weighted by molar-refractivity contribution is -0.232. The van der Waals surface area contributed by atoms with Crippen LogP contribution in [0, 0.1) is 34.5 Å². The third-order valence-corrected chi connectivity index (χ3v) is 9.81.